The fourth-order valence-electron chi connectivity index (χ4n) is 1.39. The summed E-state index contributed by atoms with van der Waals surface area (Å²) in [5, 5.41) is 8.79. The van der Waals surface area contributed by atoms with Gasteiger partial charge in [-0.15, -0.1) is 0 Å². The van der Waals surface area contributed by atoms with Crippen LogP contribution in [0, 0.1) is 11.3 Å². The normalized spacial score (nSPS) is 9.79. The minimum Gasteiger partial charge on any atom is -0.496 e. The maximum absolute atomic E-state index is 8.79. The van der Waals surface area contributed by atoms with Gasteiger partial charge in [0, 0.05) is 6.07 Å². The van der Waals surface area contributed by atoms with E-state index in [0.29, 0.717) is 23.1 Å². The van der Waals surface area contributed by atoms with Gasteiger partial charge >= 0.3 is 0 Å². The molecule has 0 saturated heterocycles. The summed E-state index contributed by atoms with van der Waals surface area (Å²) in [6.07, 6.45) is 0. The van der Waals surface area contributed by atoms with Crippen molar-refractivity contribution in [3.8, 4) is 23.4 Å². The Balaban J connectivity index is 2.33. The highest BCUT2D eigenvalue weighted by atomic mass is 79.9. The van der Waals surface area contributed by atoms with Crippen LogP contribution in [-0.2, 0) is 0 Å². The molecule has 0 aliphatic carbocycles. The number of benzene rings is 1. The third-order valence-corrected chi connectivity index (χ3v) is 3.50. The highest BCUT2D eigenvalue weighted by Crippen LogP contribution is 2.37. The topological polar surface area (TPSA) is 55.1 Å². The molecule has 19 heavy (non-hydrogen) atoms. The number of hydrogen-bond donors (Lipinski definition) is 0. The first-order valence-corrected chi connectivity index (χ1v) is 6.80. The Bertz CT molecular complexity index is 654. The highest BCUT2D eigenvalue weighted by Gasteiger charge is 2.10. The SMILES string of the molecule is COc1cc(Br)c(Oc2cccc(C#N)n2)cc1Br. The molecular weight excluding hydrogens is 376 g/mol. The summed E-state index contributed by atoms with van der Waals surface area (Å²) in [4.78, 5) is 4.05. The largest absolute Gasteiger partial charge is 0.496 e. The second kappa shape index (κ2) is 6.04. The summed E-state index contributed by atoms with van der Waals surface area (Å²) < 4.78 is 12.3. The number of ether oxygens (including phenoxy) is 2. The van der Waals surface area contributed by atoms with Gasteiger partial charge in [0.2, 0.25) is 5.88 Å². The van der Waals surface area contributed by atoms with Crippen LogP contribution in [0.4, 0.5) is 0 Å². The van der Waals surface area contributed by atoms with Crippen molar-refractivity contribution >= 4 is 31.9 Å². The third kappa shape index (κ3) is 3.25. The van der Waals surface area contributed by atoms with Gasteiger partial charge in [-0.25, -0.2) is 4.98 Å². The van der Waals surface area contributed by atoms with E-state index in [1.807, 2.05) is 6.07 Å². The van der Waals surface area contributed by atoms with Gasteiger partial charge in [-0.3, -0.25) is 0 Å². The number of rotatable bonds is 3. The molecule has 0 saturated carbocycles. The molecule has 0 radical (unpaired) electrons. The molecule has 0 fully saturated rings. The lowest BCUT2D eigenvalue weighted by Crippen LogP contribution is -1.92. The van der Waals surface area contributed by atoms with Gasteiger partial charge in [-0.2, -0.15) is 5.26 Å². The van der Waals surface area contributed by atoms with Gasteiger partial charge in [-0.1, -0.05) is 6.07 Å². The zero-order valence-corrected chi connectivity index (χ0v) is 13.0. The molecule has 96 valence electrons. The first-order valence-electron chi connectivity index (χ1n) is 5.22. The summed E-state index contributed by atoms with van der Waals surface area (Å²) in [5.74, 6) is 1.63. The van der Waals surface area contributed by atoms with Crippen LogP contribution in [0.3, 0.4) is 0 Å². The van der Waals surface area contributed by atoms with E-state index in [-0.39, 0.29) is 0 Å². The summed E-state index contributed by atoms with van der Waals surface area (Å²) in [7, 11) is 1.59. The monoisotopic (exact) mass is 382 g/mol. The first kappa shape index (κ1) is 13.8. The molecule has 0 spiro atoms. The molecule has 1 heterocycles. The van der Waals surface area contributed by atoms with Gasteiger partial charge in [0.05, 0.1) is 16.1 Å². The Hall–Kier alpha value is -1.58. The maximum atomic E-state index is 8.79. The van der Waals surface area contributed by atoms with Crippen molar-refractivity contribution in [2.45, 2.75) is 0 Å². The minimum absolute atomic E-state index is 0.307. The summed E-state index contributed by atoms with van der Waals surface area (Å²) in [6, 6.07) is 10.5. The molecule has 2 rings (SSSR count). The molecule has 0 aliphatic heterocycles. The number of aromatic nitrogens is 1. The summed E-state index contributed by atoms with van der Waals surface area (Å²) in [6.45, 7) is 0. The predicted octanol–water partition coefficient (Wildman–Crippen LogP) is 4.28. The van der Waals surface area contributed by atoms with Crippen LogP contribution in [-0.4, -0.2) is 12.1 Å². The summed E-state index contributed by atoms with van der Waals surface area (Å²) in [5.41, 5.74) is 0.307. The van der Waals surface area contributed by atoms with Gasteiger partial charge in [0.1, 0.15) is 23.3 Å². The highest BCUT2D eigenvalue weighted by molar-refractivity contribution is 9.11. The molecule has 1 aromatic carbocycles. The summed E-state index contributed by atoms with van der Waals surface area (Å²) >= 11 is 6.78. The van der Waals surface area contributed by atoms with Crippen LogP contribution >= 0.6 is 31.9 Å². The van der Waals surface area contributed by atoms with Gasteiger partial charge < -0.3 is 9.47 Å². The van der Waals surface area contributed by atoms with Crippen molar-refractivity contribution in [2.75, 3.05) is 7.11 Å². The van der Waals surface area contributed by atoms with Crippen molar-refractivity contribution in [2.24, 2.45) is 0 Å². The molecule has 0 bridgehead atoms. The molecule has 2 aromatic rings. The van der Waals surface area contributed by atoms with Crippen LogP contribution < -0.4 is 9.47 Å². The van der Waals surface area contributed by atoms with E-state index in [2.05, 4.69) is 36.8 Å². The second-order valence-corrected chi connectivity index (χ2v) is 5.20. The number of methoxy groups -OCH3 is 1. The van der Waals surface area contributed by atoms with E-state index in [1.165, 1.54) is 0 Å². The lowest BCUT2D eigenvalue weighted by molar-refractivity contribution is 0.408. The van der Waals surface area contributed by atoms with Crippen molar-refractivity contribution in [1.82, 2.24) is 4.98 Å². The zero-order valence-electron chi connectivity index (χ0n) is 9.85. The molecule has 0 amide bonds. The van der Waals surface area contributed by atoms with Gasteiger partial charge in [0.25, 0.3) is 0 Å². The Morgan fingerprint density at radius 3 is 2.53 bits per heavy atom. The van der Waals surface area contributed by atoms with E-state index in [4.69, 9.17) is 14.7 Å². The smallest absolute Gasteiger partial charge is 0.220 e. The molecule has 0 aliphatic rings. The number of halogens is 2. The van der Waals surface area contributed by atoms with E-state index in [1.54, 1.807) is 37.4 Å². The third-order valence-electron chi connectivity index (χ3n) is 2.26. The van der Waals surface area contributed by atoms with Gasteiger partial charge in [-0.05, 0) is 50.1 Å². The van der Waals surface area contributed by atoms with Gasteiger partial charge in [0.15, 0.2) is 0 Å². The molecule has 0 N–H and O–H groups in total. The molecule has 0 unspecified atom stereocenters. The molecule has 6 heteroatoms. The minimum atomic E-state index is 0.307. The van der Waals surface area contributed by atoms with Crippen molar-refractivity contribution < 1.29 is 9.47 Å². The quantitative estimate of drug-likeness (QED) is 0.793. The van der Waals surface area contributed by atoms with Crippen LogP contribution in [0.25, 0.3) is 0 Å². The van der Waals surface area contributed by atoms with Crippen molar-refractivity contribution in [1.29, 1.82) is 5.26 Å². The van der Waals surface area contributed by atoms with Crippen LogP contribution in [0.15, 0.2) is 39.3 Å². The Morgan fingerprint density at radius 1 is 1.16 bits per heavy atom. The number of nitrogens with zero attached hydrogens (tertiary/aromatic N) is 2. The molecule has 1 aromatic heterocycles. The van der Waals surface area contributed by atoms with E-state index >= 15 is 0 Å². The van der Waals surface area contributed by atoms with Crippen molar-refractivity contribution in [3.63, 3.8) is 0 Å². The fourth-order valence-corrected chi connectivity index (χ4v) is 2.28. The van der Waals surface area contributed by atoms with E-state index in [0.717, 1.165) is 8.95 Å². The van der Waals surface area contributed by atoms with Crippen LogP contribution in [0.5, 0.6) is 17.4 Å². The Morgan fingerprint density at radius 2 is 1.84 bits per heavy atom. The number of hydrogen-bond acceptors (Lipinski definition) is 4. The lowest BCUT2D eigenvalue weighted by Gasteiger charge is -2.10. The molecule has 4 nitrogen and oxygen atoms in total. The maximum Gasteiger partial charge on any atom is 0.220 e. The Kier molecular flexibility index (Phi) is 4.40. The fraction of sp³-hybridized carbons (Fsp3) is 0.0769. The number of pyridine rings is 1. The average Bonchev–Trinajstić information content (AvgIpc) is 2.42. The van der Waals surface area contributed by atoms with Crippen LogP contribution in [0.2, 0.25) is 0 Å². The average molecular weight is 384 g/mol. The molecule has 0 atom stereocenters. The first-order chi connectivity index (χ1) is 9.13. The molecular formula is C13H8Br2N2O2. The second-order valence-electron chi connectivity index (χ2n) is 3.49. The van der Waals surface area contributed by atoms with Crippen molar-refractivity contribution in [3.05, 3.63) is 45.0 Å². The van der Waals surface area contributed by atoms with Crippen LogP contribution in [0.1, 0.15) is 5.69 Å². The van der Waals surface area contributed by atoms with E-state index < -0.39 is 0 Å². The predicted molar refractivity (Wildman–Crippen MR) is 77.4 cm³/mol. The lowest BCUT2D eigenvalue weighted by atomic mass is 10.3. The Labute approximate surface area is 127 Å². The van der Waals surface area contributed by atoms with E-state index in [9.17, 15) is 0 Å². The zero-order chi connectivity index (χ0) is 13.8. The standard InChI is InChI=1S/C13H8Br2N2O2/c1-18-11-5-10(15)12(6-9(11)14)19-13-4-2-3-8(7-16)17-13/h2-6H,1H3. The number of nitriles is 1.